The topological polar surface area (TPSA) is 43.1 Å². The monoisotopic (exact) mass is 199 g/mol. The number of rotatable bonds is 2. The third-order valence-corrected chi connectivity index (χ3v) is 3.51. The first-order valence-corrected chi connectivity index (χ1v) is 5.30. The van der Waals surface area contributed by atoms with Crippen LogP contribution in [0.1, 0.15) is 54.9 Å². The van der Waals surface area contributed by atoms with Crippen LogP contribution >= 0.6 is 0 Å². The van der Waals surface area contributed by atoms with Crippen molar-refractivity contribution in [3.63, 3.8) is 0 Å². The Morgan fingerprint density at radius 2 is 1.29 bits per heavy atom. The van der Waals surface area contributed by atoms with Crippen molar-refractivity contribution in [3.05, 3.63) is 0 Å². The molecular weight excluding hydrogens is 174 g/mol. The van der Waals surface area contributed by atoms with E-state index in [1.54, 1.807) is 0 Å². The van der Waals surface area contributed by atoms with Crippen LogP contribution in [0.5, 0.6) is 0 Å². The molecule has 0 saturated heterocycles. The second-order valence-corrected chi connectivity index (χ2v) is 6.12. The lowest BCUT2D eigenvalue weighted by molar-refractivity contribution is -0.146. The van der Waals surface area contributed by atoms with Gasteiger partial charge in [0.05, 0.1) is 5.41 Å². The molecule has 0 fully saturated rings. The molecule has 0 heterocycles. The minimum absolute atomic E-state index is 0.105. The van der Waals surface area contributed by atoms with Crippen molar-refractivity contribution in [1.82, 2.24) is 0 Å². The SMILES string of the molecule is CCC(C(N)=O)(C(C)(C)C)C(C)(C)C. The van der Waals surface area contributed by atoms with E-state index in [9.17, 15) is 4.79 Å². The molecule has 2 N–H and O–H groups in total. The molecule has 0 rings (SSSR count). The lowest BCUT2D eigenvalue weighted by atomic mass is 9.52. The second-order valence-electron chi connectivity index (χ2n) is 6.12. The number of nitrogens with two attached hydrogens (primary N) is 1. The van der Waals surface area contributed by atoms with Gasteiger partial charge in [-0.2, -0.15) is 0 Å². The maximum atomic E-state index is 11.8. The second kappa shape index (κ2) is 3.56. The van der Waals surface area contributed by atoms with Crippen molar-refractivity contribution in [2.24, 2.45) is 22.0 Å². The summed E-state index contributed by atoms with van der Waals surface area (Å²) in [4.78, 5) is 11.8. The summed E-state index contributed by atoms with van der Waals surface area (Å²) < 4.78 is 0. The van der Waals surface area contributed by atoms with Crippen molar-refractivity contribution in [2.75, 3.05) is 0 Å². The molecule has 0 aliphatic carbocycles. The summed E-state index contributed by atoms with van der Waals surface area (Å²) >= 11 is 0. The van der Waals surface area contributed by atoms with E-state index < -0.39 is 5.41 Å². The summed E-state index contributed by atoms with van der Waals surface area (Å²) in [5.41, 5.74) is 4.96. The molecule has 0 unspecified atom stereocenters. The van der Waals surface area contributed by atoms with Crippen molar-refractivity contribution >= 4 is 5.91 Å². The summed E-state index contributed by atoms with van der Waals surface area (Å²) in [7, 11) is 0. The van der Waals surface area contributed by atoms with Gasteiger partial charge in [-0.1, -0.05) is 48.5 Å². The number of amides is 1. The van der Waals surface area contributed by atoms with Crippen LogP contribution in [-0.4, -0.2) is 5.91 Å². The van der Waals surface area contributed by atoms with Gasteiger partial charge in [0.15, 0.2) is 0 Å². The minimum atomic E-state index is -0.444. The van der Waals surface area contributed by atoms with Crippen LogP contribution in [0.4, 0.5) is 0 Å². The molecule has 0 saturated carbocycles. The minimum Gasteiger partial charge on any atom is -0.369 e. The van der Waals surface area contributed by atoms with Gasteiger partial charge in [0.2, 0.25) is 5.91 Å². The fourth-order valence-electron chi connectivity index (χ4n) is 3.10. The Labute approximate surface area is 88.3 Å². The van der Waals surface area contributed by atoms with Crippen molar-refractivity contribution in [3.8, 4) is 0 Å². The fraction of sp³-hybridized carbons (Fsp3) is 0.917. The van der Waals surface area contributed by atoms with E-state index in [-0.39, 0.29) is 16.7 Å². The fourth-order valence-corrected chi connectivity index (χ4v) is 3.10. The van der Waals surface area contributed by atoms with Gasteiger partial charge in [-0.05, 0) is 17.3 Å². The lowest BCUT2D eigenvalue weighted by Crippen LogP contribution is -2.54. The molecule has 2 heteroatoms. The maximum absolute atomic E-state index is 11.8. The molecule has 1 amide bonds. The molecule has 84 valence electrons. The van der Waals surface area contributed by atoms with Crippen LogP contribution in [0.3, 0.4) is 0 Å². The van der Waals surface area contributed by atoms with Gasteiger partial charge in [0.25, 0.3) is 0 Å². The van der Waals surface area contributed by atoms with E-state index in [4.69, 9.17) is 5.73 Å². The molecule has 14 heavy (non-hydrogen) atoms. The van der Waals surface area contributed by atoms with Crippen molar-refractivity contribution < 1.29 is 4.79 Å². The van der Waals surface area contributed by atoms with Gasteiger partial charge in [-0.3, -0.25) is 4.79 Å². The Bertz CT molecular complexity index is 203. The first-order valence-electron chi connectivity index (χ1n) is 5.30. The lowest BCUT2D eigenvalue weighted by Gasteiger charge is -2.51. The molecule has 0 aromatic heterocycles. The van der Waals surface area contributed by atoms with Gasteiger partial charge in [0.1, 0.15) is 0 Å². The van der Waals surface area contributed by atoms with Gasteiger partial charge < -0.3 is 5.73 Å². The predicted octanol–water partition coefficient (Wildman–Crippen LogP) is 2.96. The molecule has 0 aliphatic heterocycles. The number of hydrogen-bond acceptors (Lipinski definition) is 1. The Hall–Kier alpha value is -0.530. The zero-order valence-corrected chi connectivity index (χ0v) is 10.7. The van der Waals surface area contributed by atoms with Crippen LogP contribution in [-0.2, 0) is 4.79 Å². The summed E-state index contributed by atoms with van der Waals surface area (Å²) in [6.07, 6.45) is 0.787. The maximum Gasteiger partial charge on any atom is 0.224 e. The number of hydrogen-bond donors (Lipinski definition) is 1. The highest BCUT2D eigenvalue weighted by Gasteiger charge is 2.53. The Kier molecular flexibility index (Phi) is 3.42. The average Bonchev–Trinajstić information content (AvgIpc) is 1.80. The molecule has 2 nitrogen and oxygen atoms in total. The Balaban J connectivity index is 5.58. The first-order chi connectivity index (χ1) is 6.00. The number of carbonyl (C=O) groups excluding carboxylic acids is 1. The third-order valence-electron chi connectivity index (χ3n) is 3.51. The normalized spacial score (nSPS) is 14.2. The summed E-state index contributed by atoms with van der Waals surface area (Å²) in [5, 5.41) is 0. The highest BCUT2D eigenvalue weighted by atomic mass is 16.1. The molecular formula is C12H25NO. The van der Waals surface area contributed by atoms with Crippen LogP contribution in [0.2, 0.25) is 0 Å². The van der Waals surface area contributed by atoms with Crippen molar-refractivity contribution in [1.29, 1.82) is 0 Å². The molecule has 0 spiro atoms. The Morgan fingerprint density at radius 1 is 1.00 bits per heavy atom. The Morgan fingerprint density at radius 3 is 1.29 bits per heavy atom. The zero-order chi connectivity index (χ0) is 11.8. The van der Waals surface area contributed by atoms with Crippen LogP contribution < -0.4 is 5.73 Å². The van der Waals surface area contributed by atoms with Crippen LogP contribution in [0.25, 0.3) is 0 Å². The van der Waals surface area contributed by atoms with Crippen LogP contribution in [0, 0.1) is 16.2 Å². The number of primary amides is 1. The summed E-state index contributed by atoms with van der Waals surface area (Å²) in [6.45, 7) is 14.6. The largest absolute Gasteiger partial charge is 0.369 e. The molecule has 0 aromatic rings. The van der Waals surface area contributed by atoms with E-state index in [1.165, 1.54) is 0 Å². The predicted molar refractivity (Wildman–Crippen MR) is 60.8 cm³/mol. The smallest absolute Gasteiger partial charge is 0.224 e. The zero-order valence-electron chi connectivity index (χ0n) is 10.7. The van der Waals surface area contributed by atoms with E-state index in [0.717, 1.165) is 6.42 Å². The average molecular weight is 199 g/mol. The number of carbonyl (C=O) groups is 1. The quantitative estimate of drug-likeness (QED) is 0.730. The van der Waals surface area contributed by atoms with E-state index >= 15 is 0 Å². The van der Waals surface area contributed by atoms with E-state index in [0.29, 0.717) is 0 Å². The first kappa shape index (κ1) is 13.5. The van der Waals surface area contributed by atoms with Crippen LogP contribution in [0.15, 0.2) is 0 Å². The van der Waals surface area contributed by atoms with Gasteiger partial charge in [-0.15, -0.1) is 0 Å². The highest BCUT2D eigenvalue weighted by molar-refractivity contribution is 5.82. The van der Waals surface area contributed by atoms with E-state index in [2.05, 4.69) is 41.5 Å². The van der Waals surface area contributed by atoms with E-state index in [1.807, 2.05) is 6.92 Å². The third kappa shape index (κ3) is 1.79. The molecule has 0 bridgehead atoms. The molecule has 0 atom stereocenters. The van der Waals surface area contributed by atoms with Gasteiger partial charge >= 0.3 is 0 Å². The molecule has 0 aliphatic rings. The molecule has 0 radical (unpaired) electrons. The van der Waals surface area contributed by atoms with Gasteiger partial charge in [0, 0.05) is 0 Å². The van der Waals surface area contributed by atoms with Gasteiger partial charge in [-0.25, -0.2) is 0 Å². The standard InChI is InChI=1S/C12H25NO/c1-8-12(9(13)14,10(2,3)4)11(5,6)7/h8H2,1-7H3,(H2,13,14). The van der Waals surface area contributed by atoms with Crippen molar-refractivity contribution in [2.45, 2.75) is 54.9 Å². The summed E-state index contributed by atoms with van der Waals surface area (Å²) in [6, 6.07) is 0. The molecule has 0 aromatic carbocycles. The summed E-state index contributed by atoms with van der Waals surface area (Å²) in [5.74, 6) is -0.181. The highest BCUT2D eigenvalue weighted by Crippen LogP contribution is 2.53.